The molecule has 3 heteroatoms. The van der Waals surface area contributed by atoms with E-state index in [1.807, 2.05) is 26.2 Å². The van der Waals surface area contributed by atoms with Crippen LogP contribution in [0.2, 0.25) is 0 Å². The van der Waals surface area contributed by atoms with Gasteiger partial charge in [0.25, 0.3) is 0 Å². The van der Waals surface area contributed by atoms with Gasteiger partial charge in [0, 0.05) is 23.0 Å². The summed E-state index contributed by atoms with van der Waals surface area (Å²) in [5.74, 6) is 1.87. The molecule has 1 aromatic rings. The van der Waals surface area contributed by atoms with Crippen LogP contribution in [0.3, 0.4) is 0 Å². The summed E-state index contributed by atoms with van der Waals surface area (Å²) < 4.78 is 11.9. The van der Waals surface area contributed by atoms with Gasteiger partial charge in [-0.3, -0.25) is 0 Å². The van der Waals surface area contributed by atoms with Gasteiger partial charge in [-0.2, -0.15) is 0 Å². The van der Waals surface area contributed by atoms with Crippen LogP contribution in [0.15, 0.2) is 22.3 Å². The van der Waals surface area contributed by atoms with Crippen molar-refractivity contribution in [3.63, 3.8) is 0 Å². The van der Waals surface area contributed by atoms with Crippen LogP contribution in [-0.2, 0) is 16.0 Å². The van der Waals surface area contributed by atoms with Gasteiger partial charge in [-0.25, -0.2) is 4.79 Å². The van der Waals surface area contributed by atoms with E-state index >= 15 is 0 Å². The number of aryl methyl sites for hydroxylation is 1. The second kappa shape index (κ2) is 5.85. The van der Waals surface area contributed by atoms with E-state index in [0.717, 1.165) is 23.3 Å². The molecule has 0 spiro atoms. The van der Waals surface area contributed by atoms with Crippen molar-refractivity contribution in [1.82, 2.24) is 0 Å². The van der Waals surface area contributed by atoms with Crippen molar-refractivity contribution in [3.8, 4) is 0 Å². The Morgan fingerprint density at radius 2 is 2.17 bits per heavy atom. The van der Waals surface area contributed by atoms with Crippen molar-refractivity contribution in [2.75, 3.05) is 0 Å². The number of furan rings is 1. The maximum absolute atomic E-state index is 12.5. The Morgan fingerprint density at radius 1 is 1.43 bits per heavy atom. The molecule has 0 unspecified atom stereocenters. The number of esters is 1. The fourth-order valence-corrected chi connectivity index (χ4v) is 4.55. The number of hydrogen-bond donors (Lipinski definition) is 0. The third-order valence-electron chi connectivity index (χ3n) is 6.47. The van der Waals surface area contributed by atoms with Crippen molar-refractivity contribution in [2.24, 2.45) is 17.3 Å². The first kappa shape index (κ1) is 16.4. The number of fused-ring (bicyclic) bond motifs is 2. The van der Waals surface area contributed by atoms with Crippen molar-refractivity contribution >= 4 is 5.97 Å². The number of ether oxygens (including phenoxy) is 1. The molecular formula is C20H28O3. The summed E-state index contributed by atoms with van der Waals surface area (Å²) in [6.07, 6.45) is 8.06. The van der Waals surface area contributed by atoms with Crippen LogP contribution in [0.5, 0.6) is 0 Å². The van der Waals surface area contributed by atoms with Gasteiger partial charge >= 0.3 is 5.97 Å². The Balaban J connectivity index is 2.06. The zero-order valence-electron chi connectivity index (χ0n) is 14.9. The van der Waals surface area contributed by atoms with E-state index in [2.05, 4.69) is 20.8 Å². The van der Waals surface area contributed by atoms with Gasteiger partial charge in [0.1, 0.15) is 11.9 Å². The number of carbonyl (C=O) groups excluding carboxylic acids is 1. The van der Waals surface area contributed by atoms with Crippen LogP contribution in [0.4, 0.5) is 0 Å². The average Bonchev–Trinajstić information content (AvgIpc) is 2.89. The predicted molar refractivity (Wildman–Crippen MR) is 90.0 cm³/mol. The molecule has 0 amide bonds. The average molecular weight is 316 g/mol. The molecule has 1 aromatic heterocycles. The zero-order valence-corrected chi connectivity index (χ0v) is 14.9. The minimum absolute atomic E-state index is 0.0104. The molecule has 1 fully saturated rings. The molecule has 1 heterocycles. The Labute approximate surface area is 139 Å². The first-order chi connectivity index (χ1) is 10.9. The van der Waals surface area contributed by atoms with E-state index in [1.165, 1.54) is 19.3 Å². The maximum Gasteiger partial charge on any atom is 0.334 e. The molecule has 0 aromatic carbocycles. The lowest BCUT2D eigenvalue weighted by Gasteiger charge is -2.52. The van der Waals surface area contributed by atoms with E-state index in [-0.39, 0.29) is 17.5 Å². The fraction of sp³-hybridized carbons (Fsp3) is 0.650. The largest absolute Gasteiger partial charge is 0.469 e. The summed E-state index contributed by atoms with van der Waals surface area (Å²) in [6.45, 7) is 10.4. The maximum atomic E-state index is 12.5. The van der Waals surface area contributed by atoms with Crippen molar-refractivity contribution in [1.29, 1.82) is 0 Å². The number of carbonyl (C=O) groups is 1. The highest BCUT2D eigenvalue weighted by atomic mass is 16.5. The first-order valence-corrected chi connectivity index (χ1v) is 8.80. The molecule has 0 saturated heterocycles. The molecule has 0 N–H and O–H groups in total. The summed E-state index contributed by atoms with van der Waals surface area (Å²) in [5, 5.41) is 0. The molecular weight excluding hydrogens is 288 g/mol. The van der Waals surface area contributed by atoms with E-state index in [9.17, 15) is 4.79 Å². The third kappa shape index (κ3) is 2.45. The molecule has 4 atom stereocenters. The Hall–Kier alpha value is -1.51. The summed E-state index contributed by atoms with van der Waals surface area (Å²) in [6, 6.07) is 0. The number of allylic oxidation sites excluding steroid dienone is 1. The minimum Gasteiger partial charge on any atom is -0.469 e. The molecule has 0 aliphatic heterocycles. The van der Waals surface area contributed by atoms with Gasteiger partial charge in [-0.15, -0.1) is 0 Å². The number of rotatable bonds is 2. The third-order valence-corrected chi connectivity index (χ3v) is 6.47. The summed E-state index contributed by atoms with van der Waals surface area (Å²) in [5.41, 5.74) is 2.88. The zero-order chi connectivity index (χ0) is 16.8. The van der Waals surface area contributed by atoms with Crippen LogP contribution >= 0.6 is 0 Å². The molecule has 23 heavy (non-hydrogen) atoms. The predicted octanol–water partition coefficient (Wildman–Crippen LogP) is 5.14. The van der Waals surface area contributed by atoms with E-state index in [1.54, 1.807) is 0 Å². The summed E-state index contributed by atoms with van der Waals surface area (Å²) >= 11 is 0. The summed E-state index contributed by atoms with van der Waals surface area (Å²) in [4.78, 5) is 12.5. The molecule has 126 valence electrons. The topological polar surface area (TPSA) is 39.4 Å². The standard InChI is InChI=1S/C20H28O3/c1-6-12(2)19(21)23-18-17-13(3)11-22-16(17)10-15-9-7-8-14(4)20(15,18)5/h6,11,14-15,18H,7-10H2,1-5H3/b12-6-/t14-,15+,18+,20+/m0/s1. The SMILES string of the molecule is C/C=C(/C)C(=O)O[C@@H]1c2c(C)coc2C[C@H]2CCC[C@H](C)[C@]21C. The van der Waals surface area contributed by atoms with Crippen LogP contribution < -0.4 is 0 Å². The van der Waals surface area contributed by atoms with E-state index < -0.39 is 0 Å². The first-order valence-electron chi connectivity index (χ1n) is 8.80. The molecule has 2 aliphatic rings. The van der Waals surface area contributed by atoms with Gasteiger partial charge in [0.15, 0.2) is 0 Å². The van der Waals surface area contributed by atoms with Crippen molar-refractivity contribution in [2.45, 2.75) is 66.4 Å². The van der Waals surface area contributed by atoms with Crippen LogP contribution in [-0.4, -0.2) is 5.97 Å². The Morgan fingerprint density at radius 3 is 2.87 bits per heavy atom. The monoisotopic (exact) mass is 316 g/mol. The van der Waals surface area contributed by atoms with Crippen LogP contribution in [0, 0.1) is 24.2 Å². The van der Waals surface area contributed by atoms with Gasteiger partial charge in [0.2, 0.25) is 0 Å². The summed E-state index contributed by atoms with van der Waals surface area (Å²) in [7, 11) is 0. The van der Waals surface area contributed by atoms with Crippen molar-refractivity contribution < 1.29 is 13.9 Å². The lowest BCUT2D eigenvalue weighted by Crippen LogP contribution is -2.47. The second-order valence-electron chi connectivity index (χ2n) is 7.61. The van der Waals surface area contributed by atoms with Gasteiger partial charge in [0.05, 0.1) is 6.26 Å². The highest BCUT2D eigenvalue weighted by Gasteiger charge is 2.54. The fourth-order valence-electron chi connectivity index (χ4n) is 4.55. The number of hydrogen-bond acceptors (Lipinski definition) is 3. The van der Waals surface area contributed by atoms with Gasteiger partial charge in [-0.1, -0.05) is 32.8 Å². The van der Waals surface area contributed by atoms with Crippen LogP contribution in [0.1, 0.15) is 69.9 Å². The lowest BCUT2D eigenvalue weighted by molar-refractivity contribution is -0.164. The molecule has 3 nitrogen and oxygen atoms in total. The highest BCUT2D eigenvalue weighted by Crippen LogP contribution is 2.59. The lowest BCUT2D eigenvalue weighted by atomic mass is 9.54. The molecule has 0 bridgehead atoms. The molecule has 2 aliphatic carbocycles. The molecule has 3 rings (SSSR count). The second-order valence-corrected chi connectivity index (χ2v) is 7.61. The van der Waals surface area contributed by atoms with E-state index in [0.29, 0.717) is 17.4 Å². The quantitative estimate of drug-likeness (QED) is 0.560. The van der Waals surface area contributed by atoms with Gasteiger partial charge in [-0.05, 0) is 44.6 Å². The molecule has 0 radical (unpaired) electrons. The van der Waals surface area contributed by atoms with E-state index in [4.69, 9.17) is 9.15 Å². The highest BCUT2D eigenvalue weighted by molar-refractivity contribution is 5.87. The Bertz CT molecular complexity index is 639. The normalized spacial score (nSPS) is 33.8. The van der Waals surface area contributed by atoms with Crippen LogP contribution in [0.25, 0.3) is 0 Å². The van der Waals surface area contributed by atoms with Crippen molar-refractivity contribution in [3.05, 3.63) is 34.8 Å². The Kier molecular flexibility index (Phi) is 4.16. The minimum atomic E-state index is -0.205. The smallest absolute Gasteiger partial charge is 0.334 e. The molecule has 1 saturated carbocycles. The van der Waals surface area contributed by atoms with Gasteiger partial charge < -0.3 is 9.15 Å².